The summed E-state index contributed by atoms with van der Waals surface area (Å²) in [6.07, 6.45) is 1.44. The molecule has 0 spiro atoms. The largest absolute Gasteiger partial charge is 0.389 e. The van der Waals surface area contributed by atoms with Gasteiger partial charge in [0.15, 0.2) is 0 Å². The van der Waals surface area contributed by atoms with Gasteiger partial charge in [0.25, 0.3) is 0 Å². The van der Waals surface area contributed by atoms with Crippen LogP contribution < -0.4 is 5.32 Å². The Hall–Kier alpha value is -1.37. The van der Waals surface area contributed by atoms with Crippen molar-refractivity contribution in [3.8, 4) is 6.07 Å². The van der Waals surface area contributed by atoms with Crippen LogP contribution in [0.4, 0.5) is 0 Å². The summed E-state index contributed by atoms with van der Waals surface area (Å²) in [4.78, 5) is 0. The molecule has 1 aromatic rings. The van der Waals surface area contributed by atoms with Crippen LogP contribution in [0.15, 0.2) is 30.3 Å². The van der Waals surface area contributed by atoms with Gasteiger partial charge in [0.1, 0.15) is 0 Å². The first-order valence-corrected chi connectivity index (χ1v) is 6.53. The van der Waals surface area contributed by atoms with E-state index in [0.717, 1.165) is 18.4 Å². The van der Waals surface area contributed by atoms with Crippen LogP contribution in [0.3, 0.4) is 0 Å². The van der Waals surface area contributed by atoms with Crippen LogP contribution in [0.5, 0.6) is 0 Å². The van der Waals surface area contributed by atoms with E-state index in [0.29, 0.717) is 13.1 Å². The topological polar surface area (TPSA) is 56.0 Å². The van der Waals surface area contributed by atoms with Crippen LogP contribution >= 0.6 is 0 Å². The highest BCUT2D eigenvalue weighted by Gasteiger charge is 2.22. The van der Waals surface area contributed by atoms with Crippen molar-refractivity contribution in [2.45, 2.75) is 38.2 Å². The maximum absolute atomic E-state index is 10.1. The molecule has 3 nitrogen and oxygen atoms in total. The first-order chi connectivity index (χ1) is 8.65. The normalized spacial score (nSPS) is 13.0. The Morgan fingerprint density at radius 3 is 2.39 bits per heavy atom. The van der Waals surface area contributed by atoms with Crippen molar-refractivity contribution < 1.29 is 5.11 Å². The Balaban J connectivity index is 2.50. The van der Waals surface area contributed by atoms with Crippen molar-refractivity contribution in [3.05, 3.63) is 35.9 Å². The Labute approximate surface area is 109 Å². The van der Waals surface area contributed by atoms with E-state index in [-0.39, 0.29) is 5.92 Å². The van der Waals surface area contributed by atoms with Crippen LogP contribution in [0, 0.1) is 11.3 Å². The molecule has 0 heterocycles. The molecule has 1 rings (SSSR count). The molecule has 1 aromatic carbocycles. The van der Waals surface area contributed by atoms with E-state index in [4.69, 9.17) is 0 Å². The zero-order valence-corrected chi connectivity index (χ0v) is 11.2. The van der Waals surface area contributed by atoms with Gasteiger partial charge >= 0.3 is 0 Å². The molecule has 2 N–H and O–H groups in total. The molecule has 18 heavy (non-hydrogen) atoms. The van der Waals surface area contributed by atoms with E-state index in [2.05, 4.69) is 11.4 Å². The molecule has 0 aliphatic heterocycles. The molecule has 3 heteroatoms. The summed E-state index contributed by atoms with van der Waals surface area (Å²) in [6.45, 7) is 5.06. The highest BCUT2D eigenvalue weighted by molar-refractivity contribution is 5.25. The third kappa shape index (κ3) is 4.14. The van der Waals surface area contributed by atoms with Crippen molar-refractivity contribution in [1.29, 1.82) is 5.26 Å². The van der Waals surface area contributed by atoms with Crippen molar-refractivity contribution in [3.63, 3.8) is 0 Å². The molecule has 0 aliphatic rings. The van der Waals surface area contributed by atoms with Gasteiger partial charge in [-0.15, -0.1) is 0 Å². The molecule has 98 valence electrons. The van der Waals surface area contributed by atoms with Gasteiger partial charge in [-0.05, 0) is 18.4 Å². The molecule has 0 aliphatic carbocycles. The van der Waals surface area contributed by atoms with E-state index in [1.54, 1.807) is 0 Å². The number of hydrogen-bond donors (Lipinski definition) is 2. The Morgan fingerprint density at radius 1 is 1.28 bits per heavy atom. The number of nitriles is 1. The number of aliphatic hydroxyl groups is 1. The number of rotatable bonds is 7. The molecule has 0 amide bonds. The predicted molar refractivity (Wildman–Crippen MR) is 73.2 cm³/mol. The van der Waals surface area contributed by atoms with Gasteiger partial charge in [0.05, 0.1) is 17.6 Å². The summed E-state index contributed by atoms with van der Waals surface area (Å²) in [6, 6.07) is 12.0. The Morgan fingerprint density at radius 2 is 1.89 bits per heavy atom. The number of benzene rings is 1. The highest BCUT2D eigenvalue weighted by Crippen LogP contribution is 2.15. The number of nitrogens with zero attached hydrogens (tertiary/aromatic N) is 1. The van der Waals surface area contributed by atoms with Crippen LogP contribution in [0.1, 0.15) is 38.2 Å². The predicted octanol–water partition coefficient (Wildman–Crippen LogP) is 2.43. The lowest BCUT2D eigenvalue weighted by Crippen LogP contribution is -2.40. The third-order valence-corrected chi connectivity index (χ3v) is 3.48. The van der Waals surface area contributed by atoms with Crippen LogP contribution in [0.2, 0.25) is 0 Å². The van der Waals surface area contributed by atoms with E-state index in [9.17, 15) is 10.4 Å². The third-order valence-electron chi connectivity index (χ3n) is 3.48. The molecule has 0 aromatic heterocycles. The maximum Gasteiger partial charge on any atom is 0.0837 e. The van der Waals surface area contributed by atoms with Crippen molar-refractivity contribution in [2.24, 2.45) is 0 Å². The van der Waals surface area contributed by atoms with Gasteiger partial charge in [-0.3, -0.25) is 0 Å². The average molecular weight is 246 g/mol. The number of hydrogen-bond acceptors (Lipinski definition) is 3. The molecule has 0 saturated heterocycles. The van der Waals surface area contributed by atoms with Gasteiger partial charge in [-0.25, -0.2) is 0 Å². The summed E-state index contributed by atoms with van der Waals surface area (Å²) >= 11 is 0. The SMILES string of the molecule is CCC(O)(CC)CNCC(C#N)c1ccccc1. The average Bonchev–Trinajstić information content (AvgIpc) is 2.44. The molecular formula is C15H22N2O. The van der Waals surface area contributed by atoms with Gasteiger partial charge in [0, 0.05) is 13.1 Å². The summed E-state index contributed by atoms with van der Waals surface area (Å²) < 4.78 is 0. The van der Waals surface area contributed by atoms with E-state index < -0.39 is 5.60 Å². The second-order valence-corrected chi connectivity index (χ2v) is 4.65. The summed E-state index contributed by atoms with van der Waals surface area (Å²) in [5.74, 6) is -0.163. The van der Waals surface area contributed by atoms with Crippen LogP contribution in [-0.4, -0.2) is 23.8 Å². The minimum Gasteiger partial charge on any atom is -0.389 e. The zero-order valence-electron chi connectivity index (χ0n) is 11.2. The second-order valence-electron chi connectivity index (χ2n) is 4.65. The van der Waals surface area contributed by atoms with Crippen LogP contribution in [0.25, 0.3) is 0 Å². The molecule has 0 bridgehead atoms. The second kappa shape index (κ2) is 7.15. The standard InChI is InChI=1S/C15H22N2O/c1-3-15(18,4-2)12-17-11-14(10-16)13-8-6-5-7-9-13/h5-9,14,17-18H,3-4,11-12H2,1-2H3. The fourth-order valence-electron chi connectivity index (χ4n) is 1.87. The Bertz CT molecular complexity index is 379. The van der Waals surface area contributed by atoms with E-state index in [1.165, 1.54) is 0 Å². The molecule has 0 saturated carbocycles. The summed E-state index contributed by atoms with van der Waals surface area (Å²) in [5.41, 5.74) is 0.362. The maximum atomic E-state index is 10.1. The summed E-state index contributed by atoms with van der Waals surface area (Å²) in [7, 11) is 0. The lowest BCUT2D eigenvalue weighted by Gasteiger charge is -2.26. The molecule has 1 atom stereocenters. The fraction of sp³-hybridized carbons (Fsp3) is 0.533. The van der Waals surface area contributed by atoms with E-state index in [1.807, 2.05) is 44.2 Å². The minimum atomic E-state index is -0.656. The monoisotopic (exact) mass is 246 g/mol. The molecular weight excluding hydrogens is 224 g/mol. The summed E-state index contributed by atoms with van der Waals surface area (Å²) in [5, 5.41) is 22.5. The van der Waals surface area contributed by atoms with Gasteiger partial charge in [-0.2, -0.15) is 5.26 Å². The van der Waals surface area contributed by atoms with Crippen LogP contribution in [-0.2, 0) is 0 Å². The highest BCUT2D eigenvalue weighted by atomic mass is 16.3. The zero-order chi connectivity index (χ0) is 13.4. The van der Waals surface area contributed by atoms with Gasteiger partial charge < -0.3 is 10.4 Å². The molecule has 1 unspecified atom stereocenters. The quantitative estimate of drug-likeness (QED) is 0.777. The Kier molecular flexibility index (Phi) is 5.84. The van der Waals surface area contributed by atoms with Crippen molar-refractivity contribution in [1.82, 2.24) is 5.32 Å². The lowest BCUT2D eigenvalue weighted by molar-refractivity contribution is 0.0327. The first-order valence-electron chi connectivity index (χ1n) is 6.53. The van der Waals surface area contributed by atoms with E-state index >= 15 is 0 Å². The molecule has 0 fully saturated rings. The first kappa shape index (κ1) is 14.7. The molecule has 0 radical (unpaired) electrons. The minimum absolute atomic E-state index is 0.163. The lowest BCUT2D eigenvalue weighted by atomic mass is 9.96. The van der Waals surface area contributed by atoms with Crippen molar-refractivity contribution >= 4 is 0 Å². The van der Waals surface area contributed by atoms with Crippen molar-refractivity contribution in [2.75, 3.05) is 13.1 Å². The van der Waals surface area contributed by atoms with Gasteiger partial charge in [-0.1, -0.05) is 44.2 Å². The fourth-order valence-corrected chi connectivity index (χ4v) is 1.87. The number of nitrogens with one attached hydrogen (secondary N) is 1. The van der Waals surface area contributed by atoms with Gasteiger partial charge in [0.2, 0.25) is 0 Å². The smallest absolute Gasteiger partial charge is 0.0837 e.